The smallest absolute Gasteiger partial charge is 0.406 e. The van der Waals surface area contributed by atoms with Crippen molar-refractivity contribution in [2.75, 3.05) is 31.1 Å². The van der Waals surface area contributed by atoms with Crippen LogP contribution in [-0.4, -0.2) is 68.9 Å². The quantitative estimate of drug-likeness (QED) is 0.447. The van der Waals surface area contributed by atoms with Gasteiger partial charge < -0.3 is 24.0 Å². The first kappa shape index (κ1) is 29.0. The molecular weight excluding hydrogens is 515 g/mol. The Morgan fingerprint density at radius 2 is 1.45 bits per heavy atom. The summed E-state index contributed by atoms with van der Waals surface area (Å²) in [5.74, 6) is 0.720. The molecule has 2 aromatic carbocycles. The molecule has 1 aromatic heterocycles. The molecule has 9 heteroatoms. The van der Waals surface area contributed by atoms with E-state index >= 15 is 0 Å². The van der Waals surface area contributed by atoms with Gasteiger partial charge in [-0.1, -0.05) is 81.4 Å². The van der Waals surface area contributed by atoms with Crippen LogP contribution in [0.1, 0.15) is 48.5 Å². The van der Waals surface area contributed by atoms with Gasteiger partial charge in [0, 0.05) is 43.5 Å². The molecule has 1 atom stereocenters. The molecule has 0 aliphatic carbocycles. The van der Waals surface area contributed by atoms with Crippen molar-refractivity contribution < 1.29 is 13.7 Å². The monoisotopic (exact) mass is 558 g/mol. The van der Waals surface area contributed by atoms with Crippen molar-refractivity contribution in [1.29, 1.82) is 0 Å². The lowest BCUT2D eigenvalue weighted by Crippen LogP contribution is -2.68. The van der Waals surface area contributed by atoms with Crippen LogP contribution in [0.5, 0.6) is 0 Å². The number of anilines is 1. The maximum atomic E-state index is 7.19. The van der Waals surface area contributed by atoms with E-state index in [2.05, 4.69) is 119 Å². The number of benzene rings is 2. The van der Waals surface area contributed by atoms with E-state index in [4.69, 9.17) is 23.7 Å². The van der Waals surface area contributed by atoms with Crippen LogP contribution in [0, 0.1) is 0 Å². The molecule has 1 unspecified atom stereocenters. The molecule has 0 bridgehead atoms. The summed E-state index contributed by atoms with van der Waals surface area (Å²) in [6, 6.07) is 21.8. The number of hydrogen-bond acceptors (Lipinski definition) is 7. The molecule has 212 valence electrons. The SMILES string of the molecule is CC1(C)OB(c2cnc(N3CCNC(CO[Si](c4ccccc4)(c4ccccc4)C(C)(C)C)C3)nc2)OC1(C)C. The molecule has 1 N–H and O–H groups in total. The third kappa shape index (κ3) is 5.50. The number of rotatable bonds is 7. The highest BCUT2D eigenvalue weighted by atomic mass is 28.4. The Labute approximate surface area is 240 Å². The Morgan fingerprint density at radius 3 is 1.95 bits per heavy atom. The molecule has 2 saturated heterocycles. The Bertz CT molecular complexity index is 1210. The highest BCUT2D eigenvalue weighted by Crippen LogP contribution is 2.37. The van der Waals surface area contributed by atoms with Gasteiger partial charge in [0.15, 0.2) is 0 Å². The average molecular weight is 559 g/mol. The van der Waals surface area contributed by atoms with Gasteiger partial charge in [0.05, 0.1) is 17.8 Å². The predicted octanol–water partition coefficient (Wildman–Crippen LogP) is 3.13. The van der Waals surface area contributed by atoms with E-state index in [-0.39, 0.29) is 11.1 Å². The van der Waals surface area contributed by atoms with E-state index in [1.807, 2.05) is 12.4 Å². The first-order valence-electron chi connectivity index (χ1n) is 14.3. The summed E-state index contributed by atoms with van der Waals surface area (Å²) >= 11 is 0. The number of nitrogens with zero attached hydrogens (tertiary/aromatic N) is 3. The summed E-state index contributed by atoms with van der Waals surface area (Å²) in [6.45, 7) is 18.2. The van der Waals surface area contributed by atoms with Gasteiger partial charge in [-0.3, -0.25) is 0 Å². The first-order valence-corrected chi connectivity index (χ1v) is 16.2. The zero-order chi connectivity index (χ0) is 28.6. The summed E-state index contributed by atoms with van der Waals surface area (Å²) in [5.41, 5.74) is 0.0458. The van der Waals surface area contributed by atoms with Crippen molar-refractivity contribution in [3.63, 3.8) is 0 Å². The van der Waals surface area contributed by atoms with E-state index in [9.17, 15) is 0 Å². The lowest BCUT2D eigenvalue weighted by atomic mass is 9.81. The van der Waals surface area contributed by atoms with Crippen LogP contribution in [-0.2, 0) is 13.7 Å². The van der Waals surface area contributed by atoms with Crippen molar-refractivity contribution in [2.24, 2.45) is 0 Å². The number of hydrogen-bond donors (Lipinski definition) is 1. The Balaban J connectivity index is 1.32. The van der Waals surface area contributed by atoms with Crippen molar-refractivity contribution in [3.8, 4) is 0 Å². The van der Waals surface area contributed by atoms with E-state index in [0.29, 0.717) is 6.61 Å². The van der Waals surface area contributed by atoms with E-state index in [1.54, 1.807) is 0 Å². The maximum absolute atomic E-state index is 7.19. The lowest BCUT2D eigenvalue weighted by Gasteiger charge is -2.44. The van der Waals surface area contributed by atoms with Crippen molar-refractivity contribution in [1.82, 2.24) is 15.3 Å². The molecule has 40 heavy (non-hydrogen) atoms. The van der Waals surface area contributed by atoms with Crippen LogP contribution in [0.15, 0.2) is 73.1 Å². The first-order chi connectivity index (χ1) is 18.9. The van der Waals surface area contributed by atoms with Gasteiger partial charge in [0.1, 0.15) is 0 Å². The zero-order valence-electron chi connectivity index (χ0n) is 25.0. The number of aromatic nitrogens is 2. The second kappa shape index (κ2) is 11.0. The number of nitrogens with one attached hydrogen (secondary N) is 1. The van der Waals surface area contributed by atoms with E-state index < -0.39 is 26.6 Å². The second-order valence-electron chi connectivity index (χ2n) is 13.0. The van der Waals surface area contributed by atoms with Crippen LogP contribution in [0.4, 0.5) is 5.95 Å². The highest BCUT2D eigenvalue weighted by Gasteiger charge is 2.52. The number of piperazine rings is 1. The van der Waals surface area contributed by atoms with Gasteiger partial charge in [-0.25, -0.2) is 9.97 Å². The fraction of sp³-hybridized carbons (Fsp3) is 0.484. The fourth-order valence-electron chi connectivity index (χ4n) is 5.70. The summed E-state index contributed by atoms with van der Waals surface area (Å²) in [4.78, 5) is 11.7. The van der Waals surface area contributed by atoms with Crippen LogP contribution >= 0.6 is 0 Å². The minimum absolute atomic E-state index is 0.0590. The Morgan fingerprint density at radius 1 is 0.925 bits per heavy atom. The predicted molar refractivity (Wildman–Crippen MR) is 165 cm³/mol. The molecule has 2 aliphatic rings. The van der Waals surface area contributed by atoms with Gasteiger partial charge in [-0.2, -0.15) is 0 Å². The molecular formula is C31H43BN4O3Si. The van der Waals surface area contributed by atoms with Crippen LogP contribution in [0.3, 0.4) is 0 Å². The molecule has 2 fully saturated rings. The highest BCUT2D eigenvalue weighted by molar-refractivity contribution is 6.99. The summed E-state index contributed by atoms with van der Waals surface area (Å²) in [5, 5.41) is 6.21. The molecule has 2 aliphatic heterocycles. The van der Waals surface area contributed by atoms with E-state index in [0.717, 1.165) is 31.0 Å². The standard InChI is InChI=1S/C31H43BN4O3Si/c1-29(2,3)40(26-14-10-8-11-15-26,27-16-12-9-13-17-27)37-23-25-22-36(19-18-33-25)28-34-20-24(21-35-28)32-38-30(4,5)31(6,7)39-32/h8-17,20-21,25,33H,18-19,22-23H2,1-7H3. The molecule has 0 saturated carbocycles. The normalized spacial score (nSPS) is 21.0. The molecule has 3 heterocycles. The van der Waals surface area contributed by atoms with Gasteiger partial charge in [-0.15, -0.1) is 0 Å². The largest absolute Gasteiger partial charge is 0.498 e. The Kier molecular flexibility index (Phi) is 7.98. The molecule has 7 nitrogen and oxygen atoms in total. The van der Waals surface area contributed by atoms with Gasteiger partial charge in [0.2, 0.25) is 5.95 Å². The zero-order valence-corrected chi connectivity index (χ0v) is 26.0. The molecule has 0 radical (unpaired) electrons. The Hall–Kier alpha value is -2.56. The fourth-order valence-corrected chi connectivity index (χ4v) is 10.3. The topological polar surface area (TPSA) is 68.7 Å². The van der Waals surface area contributed by atoms with Crippen molar-refractivity contribution >= 4 is 37.2 Å². The third-order valence-electron chi connectivity index (χ3n) is 8.64. The second-order valence-corrected chi connectivity index (χ2v) is 17.3. The maximum Gasteiger partial charge on any atom is 0.498 e. The van der Waals surface area contributed by atoms with Crippen molar-refractivity contribution in [2.45, 2.75) is 70.7 Å². The minimum atomic E-state index is -2.60. The third-order valence-corrected chi connectivity index (χ3v) is 13.6. The van der Waals surface area contributed by atoms with Crippen LogP contribution in [0.25, 0.3) is 0 Å². The molecule has 0 spiro atoms. The van der Waals surface area contributed by atoms with Crippen LogP contribution < -0.4 is 26.1 Å². The molecule has 5 rings (SSSR count). The van der Waals surface area contributed by atoms with Crippen molar-refractivity contribution in [3.05, 3.63) is 73.1 Å². The van der Waals surface area contributed by atoms with Crippen LogP contribution in [0.2, 0.25) is 5.04 Å². The summed E-state index contributed by atoms with van der Waals surface area (Å²) < 4.78 is 19.5. The van der Waals surface area contributed by atoms with Gasteiger partial charge >= 0.3 is 7.12 Å². The minimum Gasteiger partial charge on any atom is -0.406 e. The average Bonchev–Trinajstić information content (AvgIpc) is 3.16. The van der Waals surface area contributed by atoms with E-state index in [1.165, 1.54) is 10.4 Å². The van der Waals surface area contributed by atoms with Gasteiger partial charge in [-0.05, 0) is 43.1 Å². The lowest BCUT2D eigenvalue weighted by molar-refractivity contribution is 0.00578. The summed E-state index contributed by atoms with van der Waals surface area (Å²) in [6.07, 6.45) is 3.67. The molecule has 3 aromatic rings. The summed E-state index contributed by atoms with van der Waals surface area (Å²) in [7, 11) is -3.06. The molecule has 0 amide bonds. The van der Waals surface area contributed by atoms with Gasteiger partial charge in [0.25, 0.3) is 8.32 Å².